The molecule has 0 aliphatic carbocycles. The van der Waals surface area contributed by atoms with Gasteiger partial charge in [0.15, 0.2) is 0 Å². The molecule has 0 aliphatic rings. The number of anilines is 1. The summed E-state index contributed by atoms with van der Waals surface area (Å²) in [6.45, 7) is 2.36. The van der Waals surface area contributed by atoms with Crippen LogP contribution in [0.25, 0.3) is 0 Å². The number of nitriles is 1. The van der Waals surface area contributed by atoms with Crippen LogP contribution in [0.5, 0.6) is 0 Å². The summed E-state index contributed by atoms with van der Waals surface area (Å²) in [7, 11) is 1.90. The van der Waals surface area contributed by atoms with Gasteiger partial charge in [-0.15, -0.1) is 0 Å². The largest absolute Gasteiger partial charge is 0.372 e. The van der Waals surface area contributed by atoms with Crippen molar-refractivity contribution >= 4 is 5.69 Å². The number of benzene rings is 2. The Morgan fingerprint density at radius 3 is 2.77 bits per heavy atom. The molecular weight excluding hydrogens is 277 g/mol. The summed E-state index contributed by atoms with van der Waals surface area (Å²) in [5.41, 5.74) is 2.41. The molecule has 0 saturated heterocycles. The average molecular weight is 297 g/mol. The highest BCUT2D eigenvalue weighted by Crippen LogP contribution is 2.16. The fourth-order valence-corrected chi connectivity index (χ4v) is 2.31. The highest BCUT2D eigenvalue weighted by Gasteiger charge is 2.05. The van der Waals surface area contributed by atoms with Gasteiger partial charge in [-0.25, -0.2) is 4.39 Å². The Hall–Kier alpha value is -2.38. The van der Waals surface area contributed by atoms with Crippen molar-refractivity contribution in [2.24, 2.45) is 0 Å². The standard InChI is InChI=1S/C18H20FN3/c1-22(18-9-3-2-8-17(18)19)11-5-10-21-14-16-7-4-6-15(12-16)13-20/h2-4,6-9,12,21H,5,10-11,14H2,1H3. The van der Waals surface area contributed by atoms with Gasteiger partial charge in [-0.2, -0.15) is 5.26 Å². The second kappa shape index (κ2) is 8.16. The molecule has 1 N–H and O–H groups in total. The summed E-state index contributed by atoms with van der Waals surface area (Å²) in [6, 6.07) is 16.5. The molecule has 0 atom stereocenters. The van der Waals surface area contributed by atoms with Crippen LogP contribution in [0.2, 0.25) is 0 Å². The molecule has 2 aromatic carbocycles. The zero-order valence-electron chi connectivity index (χ0n) is 12.7. The quantitative estimate of drug-likeness (QED) is 0.797. The topological polar surface area (TPSA) is 39.1 Å². The number of hydrogen-bond donors (Lipinski definition) is 1. The first-order chi connectivity index (χ1) is 10.7. The number of para-hydroxylation sites is 1. The Kier molecular flexibility index (Phi) is 5.93. The van der Waals surface area contributed by atoms with E-state index in [1.165, 1.54) is 6.07 Å². The fourth-order valence-electron chi connectivity index (χ4n) is 2.31. The van der Waals surface area contributed by atoms with E-state index in [0.29, 0.717) is 11.3 Å². The number of nitrogens with zero attached hydrogens (tertiary/aromatic N) is 2. The second-order valence-corrected chi connectivity index (χ2v) is 5.22. The van der Waals surface area contributed by atoms with Crippen molar-refractivity contribution in [3.63, 3.8) is 0 Å². The van der Waals surface area contributed by atoms with Gasteiger partial charge in [0.1, 0.15) is 5.82 Å². The first-order valence-corrected chi connectivity index (χ1v) is 7.36. The molecule has 0 amide bonds. The SMILES string of the molecule is CN(CCCNCc1cccc(C#N)c1)c1ccccc1F. The highest BCUT2D eigenvalue weighted by atomic mass is 19.1. The molecule has 0 fully saturated rings. The predicted molar refractivity (Wildman–Crippen MR) is 87.2 cm³/mol. The Bertz CT molecular complexity index is 649. The van der Waals surface area contributed by atoms with E-state index in [-0.39, 0.29) is 5.82 Å². The van der Waals surface area contributed by atoms with Crippen LogP contribution >= 0.6 is 0 Å². The van der Waals surface area contributed by atoms with E-state index >= 15 is 0 Å². The molecule has 0 aliphatic heterocycles. The predicted octanol–water partition coefficient (Wildman–Crippen LogP) is 3.31. The maximum atomic E-state index is 13.6. The van der Waals surface area contributed by atoms with Crippen molar-refractivity contribution < 1.29 is 4.39 Å². The molecule has 3 nitrogen and oxygen atoms in total. The van der Waals surface area contributed by atoms with Crippen molar-refractivity contribution in [2.75, 3.05) is 25.0 Å². The summed E-state index contributed by atoms with van der Waals surface area (Å²) >= 11 is 0. The molecule has 4 heteroatoms. The third-order valence-corrected chi connectivity index (χ3v) is 3.50. The minimum atomic E-state index is -0.189. The van der Waals surface area contributed by atoms with Crippen LogP contribution in [0.1, 0.15) is 17.5 Å². The van der Waals surface area contributed by atoms with Gasteiger partial charge in [0.05, 0.1) is 17.3 Å². The molecule has 0 spiro atoms. The van der Waals surface area contributed by atoms with Gasteiger partial charge in [-0.1, -0.05) is 24.3 Å². The maximum Gasteiger partial charge on any atom is 0.146 e. The Balaban J connectivity index is 1.71. The maximum absolute atomic E-state index is 13.6. The zero-order valence-corrected chi connectivity index (χ0v) is 12.7. The number of rotatable bonds is 7. The molecule has 114 valence electrons. The van der Waals surface area contributed by atoms with Crippen LogP contribution in [-0.4, -0.2) is 20.1 Å². The van der Waals surface area contributed by atoms with E-state index in [1.807, 2.05) is 36.2 Å². The van der Waals surface area contributed by atoms with E-state index in [2.05, 4.69) is 11.4 Å². The Labute approximate surface area is 131 Å². The van der Waals surface area contributed by atoms with Crippen LogP contribution in [0, 0.1) is 17.1 Å². The number of nitrogens with one attached hydrogen (secondary N) is 1. The van der Waals surface area contributed by atoms with Gasteiger partial charge in [-0.05, 0) is 42.8 Å². The molecule has 2 aromatic rings. The minimum absolute atomic E-state index is 0.189. The van der Waals surface area contributed by atoms with Gasteiger partial charge in [0.25, 0.3) is 0 Å². The molecular formula is C18H20FN3. The minimum Gasteiger partial charge on any atom is -0.372 e. The normalized spacial score (nSPS) is 10.2. The van der Waals surface area contributed by atoms with Crippen LogP contribution in [-0.2, 0) is 6.54 Å². The number of hydrogen-bond acceptors (Lipinski definition) is 3. The molecule has 0 aromatic heterocycles. The van der Waals surface area contributed by atoms with Gasteiger partial charge in [0.2, 0.25) is 0 Å². The van der Waals surface area contributed by atoms with Crippen molar-refractivity contribution in [2.45, 2.75) is 13.0 Å². The van der Waals surface area contributed by atoms with Gasteiger partial charge in [0, 0.05) is 20.1 Å². The summed E-state index contributed by atoms with van der Waals surface area (Å²) in [6.07, 6.45) is 0.919. The fraction of sp³-hybridized carbons (Fsp3) is 0.278. The van der Waals surface area contributed by atoms with Crippen molar-refractivity contribution in [3.05, 3.63) is 65.5 Å². The van der Waals surface area contributed by atoms with Crippen molar-refractivity contribution in [3.8, 4) is 6.07 Å². The third kappa shape index (κ3) is 4.57. The molecule has 0 saturated carbocycles. The first kappa shape index (κ1) is 16.0. The van der Waals surface area contributed by atoms with Gasteiger partial charge in [-0.3, -0.25) is 0 Å². The van der Waals surface area contributed by atoms with Crippen LogP contribution < -0.4 is 10.2 Å². The van der Waals surface area contributed by atoms with Crippen molar-refractivity contribution in [1.29, 1.82) is 5.26 Å². The average Bonchev–Trinajstić information content (AvgIpc) is 2.55. The third-order valence-electron chi connectivity index (χ3n) is 3.50. The molecule has 0 bridgehead atoms. The summed E-state index contributed by atoms with van der Waals surface area (Å²) < 4.78 is 13.6. The Morgan fingerprint density at radius 2 is 2.00 bits per heavy atom. The lowest BCUT2D eigenvalue weighted by Gasteiger charge is -2.19. The van der Waals surface area contributed by atoms with Crippen LogP contribution in [0.4, 0.5) is 10.1 Å². The molecule has 0 heterocycles. The highest BCUT2D eigenvalue weighted by molar-refractivity contribution is 5.46. The number of halogens is 1. The van der Waals surface area contributed by atoms with E-state index in [9.17, 15) is 4.39 Å². The van der Waals surface area contributed by atoms with E-state index in [4.69, 9.17) is 5.26 Å². The van der Waals surface area contributed by atoms with E-state index < -0.39 is 0 Å². The lowest BCUT2D eigenvalue weighted by Crippen LogP contribution is -2.24. The summed E-state index contributed by atoms with van der Waals surface area (Å²) in [5.74, 6) is -0.189. The van der Waals surface area contributed by atoms with Crippen molar-refractivity contribution in [1.82, 2.24) is 5.32 Å². The lowest BCUT2D eigenvalue weighted by atomic mass is 10.1. The molecule has 0 unspecified atom stereocenters. The smallest absolute Gasteiger partial charge is 0.146 e. The summed E-state index contributed by atoms with van der Waals surface area (Å²) in [4.78, 5) is 1.92. The monoisotopic (exact) mass is 297 g/mol. The van der Waals surface area contributed by atoms with E-state index in [1.54, 1.807) is 18.2 Å². The first-order valence-electron chi connectivity index (χ1n) is 7.36. The van der Waals surface area contributed by atoms with Gasteiger partial charge < -0.3 is 10.2 Å². The second-order valence-electron chi connectivity index (χ2n) is 5.22. The summed E-state index contributed by atoms with van der Waals surface area (Å²) in [5, 5.41) is 12.2. The molecule has 22 heavy (non-hydrogen) atoms. The van der Waals surface area contributed by atoms with Crippen LogP contribution in [0.3, 0.4) is 0 Å². The Morgan fingerprint density at radius 1 is 1.18 bits per heavy atom. The molecule has 2 rings (SSSR count). The molecule has 0 radical (unpaired) electrons. The van der Waals surface area contributed by atoms with Crippen LogP contribution in [0.15, 0.2) is 48.5 Å². The van der Waals surface area contributed by atoms with E-state index in [0.717, 1.165) is 31.6 Å². The van der Waals surface area contributed by atoms with Gasteiger partial charge >= 0.3 is 0 Å². The lowest BCUT2D eigenvalue weighted by molar-refractivity contribution is 0.612. The zero-order chi connectivity index (χ0) is 15.8.